The number of amides is 1. The predicted octanol–water partition coefficient (Wildman–Crippen LogP) is 4.28. The Bertz CT molecular complexity index is 1240. The predicted molar refractivity (Wildman–Crippen MR) is 117 cm³/mol. The average Bonchev–Trinajstić information content (AvgIpc) is 2.73. The lowest BCUT2D eigenvalue weighted by atomic mass is 9.85. The van der Waals surface area contributed by atoms with Gasteiger partial charge in [0.05, 0.1) is 6.04 Å². The Labute approximate surface area is 188 Å². The lowest BCUT2D eigenvalue weighted by Crippen LogP contribution is -2.37. The number of aromatic nitrogens is 1. The number of hydrogen-bond donors (Lipinski definition) is 3. The summed E-state index contributed by atoms with van der Waals surface area (Å²) in [6.45, 7) is 3.69. The number of halogens is 3. The Kier molecular flexibility index (Phi) is 5.92. The molecule has 0 saturated carbocycles. The number of nitrogens with one attached hydrogen (secondary N) is 3. The van der Waals surface area contributed by atoms with Crippen molar-refractivity contribution >= 4 is 5.91 Å². The minimum Gasteiger partial charge on any atom is -0.461 e. The normalized spacial score (nSPS) is 17.6. The lowest BCUT2D eigenvalue weighted by Gasteiger charge is -2.34. The van der Waals surface area contributed by atoms with E-state index >= 15 is 0 Å². The first-order valence-electron chi connectivity index (χ1n) is 10.6. The number of rotatable bonds is 4. The van der Waals surface area contributed by atoms with Crippen LogP contribution < -0.4 is 20.9 Å². The van der Waals surface area contributed by atoms with E-state index in [0.717, 1.165) is 40.5 Å². The minimum absolute atomic E-state index is 0.164. The number of fused-ring (bicyclic) bond motifs is 1. The lowest BCUT2D eigenvalue weighted by molar-refractivity contribution is -0.142. The highest BCUT2D eigenvalue weighted by Gasteiger charge is 2.37. The standard InChI is InChI=1S/C24H24F3N3O3/c1-12-7-8-15-18(9-12)33-17-6-4-5-13(2)19(17)20(15)29-22(31)16-10-14(11-28-3)21(24(25,26)27)30-23(16)32/h5,7-10,20,28H,4,6,11H2,1-3H3,(H,29,31)(H,30,32). The van der Waals surface area contributed by atoms with E-state index < -0.39 is 29.4 Å². The zero-order chi connectivity index (χ0) is 23.9. The number of carbonyl (C=O) groups is 1. The van der Waals surface area contributed by atoms with Gasteiger partial charge in [0, 0.05) is 24.1 Å². The Morgan fingerprint density at radius 3 is 2.70 bits per heavy atom. The van der Waals surface area contributed by atoms with Crippen LogP contribution in [0.1, 0.15) is 58.5 Å². The molecule has 2 heterocycles. The van der Waals surface area contributed by atoms with Crippen LogP contribution in [0.4, 0.5) is 13.2 Å². The first kappa shape index (κ1) is 22.8. The maximum absolute atomic E-state index is 13.4. The summed E-state index contributed by atoms with van der Waals surface area (Å²) in [5.74, 6) is 0.604. The van der Waals surface area contributed by atoms with Gasteiger partial charge in [-0.3, -0.25) is 9.59 Å². The summed E-state index contributed by atoms with van der Waals surface area (Å²) in [6.07, 6.45) is -1.23. The highest BCUT2D eigenvalue weighted by atomic mass is 19.4. The molecular weight excluding hydrogens is 435 g/mol. The largest absolute Gasteiger partial charge is 0.461 e. The maximum atomic E-state index is 13.4. The molecule has 0 saturated heterocycles. The summed E-state index contributed by atoms with van der Waals surface area (Å²) in [7, 11) is 1.48. The van der Waals surface area contributed by atoms with E-state index in [1.807, 2.05) is 37.0 Å². The van der Waals surface area contributed by atoms with Gasteiger partial charge in [0.2, 0.25) is 0 Å². The van der Waals surface area contributed by atoms with Crippen molar-refractivity contribution in [2.24, 2.45) is 0 Å². The van der Waals surface area contributed by atoms with Crippen LogP contribution in [-0.2, 0) is 12.7 Å². The number of hydrogen-bond acceptors (Lipinski definition) is 4. The Morgan fingerprint density at radius 2 is 2.00 bits per heavy atom. The zero-order valence-electron chi connectivity index (χ0n) is 18.4. The molecule has 2 aliphatic rings. The van der Waals surface area contributed by atoms with Gasteiger partial charge in [0.1, 0.15) is 22.8 Å². The summed E-state index contributed by atoms with van der Waals surface area (Å²) in [5, 5.41) is 5.51. The molecule has 1 aliphatic carbocycles. The van der Waals surface area contributed by atoms with Gasteiger partial charge in [-0.2, -0.15) is 13.2 Å². The van der Waals surface area contributed by atoms with Crippen molar-refractivity contribution < 1.29 is 22.7 Å². The molecule has 2 aromatic rings. The molecule has 1 aromatic heterocycles. The molecule has 1 atom stereocenters. The van der Waals surface area contributed by atoms with Gasteiger partial charge in [-0.15, -0.1) is 0 Å². The van der Waals surface area contributed by atoms with Crippen molar-refractivity contribution in [1.29, 1.82) is 0 Å². The van der Waals surface area contributed by atoms with Crippen molar-refractivity contribution in [3.8, 4) is 5.75 Å². The third kappa shape index (κ3) is 4.32. The molecule has 1 unspecified atom stereocenters. The number of allylic oxidation sites excluding steroid dienone is 2. The third-order valence-electron chi connectivity index (χ3n) is 5.84. The molecule has 0 spiro atoms. The van der Waals surface area contributed by atoms with Crippen molar-refractivity contribution in [3.63, 3.8) is 0 Å². The number of benzene rings is 1. The number of alkyl halides is 3. The number of ether oxygens (including phenoxy) is 1. The summed E-state index contributed by atoms with van der Waals surface area (Å²) >= 11 is 0. The summed E-state index contributed by atoms with van der Waals surface area (Å²) in [5.41, 5.74) is 0.611. The SMILES string of the molecule is CNCc1cc(C(=O)NC2C3=C(CCC=C3C)Oc3cc(C)ccc32)c(=O)[nH]c1C(F)(F)F. The summed E-state index contributed by atoms with van der Waals surface area (Å²) in [6, 6.07) is 6.03. The van der Waals surface area contributed by atoms with Crippen LogP contribution in [0.2, 0.25) is 0 Å². The monoisotopic (exact) mass is 459 g/mol. The smallest absolute Gasteiger partial charge is 0.431 e. The fourth-order valence-corrected chi connectivity index (χ4v) is 4.32. The zero-order valence-corrected chi connectivity index (χ0v) is 18.4. The van der Waals surface area contributed by atoms with Crippen LogP contribution in [0.25, 0.3) is 0 Å². The maximum Gasteiger partial charge on any atom is 0.431 e. The van der Waals surface area contributed by atoms with Gasteiger partial charge in [-0.25, -0.2) is 0 Å². The summed E-state index contributed by atoms with van der Waals surface area (Å²) < 4.78 is 46.2. The molecule has 4 rings (SSSR count). The van der Waals surface area contributed by atoms with Crippen molar-refractivity contribution in [2.45, 2.75) is 45.5 Å². The molecule has 174 valence electrons. The van der Waals surface area contributed by atoms with Gasteiger partial charge < -0.3 is 20.4 Å². The van der Waals surface area contributed by atoms with Crippen LogP contribution in [0.5, 0.6) is 5.75 Å². The molecule has 6 nitrogen and oxygen atoms in total. The third-order valence-corrected chi connectivity index (χ3v) is 5.84. The van der Waals surface area contributed by atoms with Gasteiger partial charge in [0.25, 0.3) is 11.5 Å². The Morgan fingerprint density at radius 1 is 1.24 bits per heavy atom. The highest BCUT2D eigenvalue weighted by Crippen LogP contribution is 2.44. The molecule has 3 N–H and O–H groups in total. The van der Waals surface area contributed by atoms with Crippen molar-refractivity contribution in [3.05, 3.63) is 85.5 Å². The molecule has 0 bridgehead atoms. The number of aryl methyl sites for hydroxylation is 1. The average molecular weight is 459 g/mol. The van der Waals surface area contributed by atoms with E-state index in [2.05, 4.69) is 16.7 Å². The first-order valence-corrected chi connectivity index (χ1v) is 10.6. The fraction of sp³-hybridized carbons (Fsp3) is 0.333. The molecule has 0 radical (unpaired) electrons. The van der Waals surface area contributed by atoms with Crippen LogP contribution in [0, 0.1) is 6.92 Å². The van der Waals surface area contributed by atoms with Crippen molar-refractivity contribution in [1.82, 2.24) is 15.6 Å². The van der Waals surface area contributed by atoms with E-state index in [0.29, 0.717) is 12.2 Å². The molecule has 1 aromatic carbocycles. The summed E-state index contributed by atoms with van der Waals surface area (Å²) in [4.78, 5) is 27.5. The van der Waals surface area contributed by atoms with E-state index in [1.165, 1.54) is 7.05 Å². The molecule has 0 fully saturated rings. The van der Waals surface area contributed by atoms with E-state index in [4.69, 9.17) is 4.74 Å². The molecular formula is C24H24F3N3O3. The van der Waals surface area contributed by atoms with E-state index in [1.54, 1.807) is 0 Å². The first-order chi connectivity index (χ1) is 15.6. The van der Waals surface area contributed by atoms with Gasteiger partial charge >= 0.3 is 6.18 Å². The number of H-pyrrole nitrogens is 1. The van der Waals surface area contributed by atoms with E-state index in [-0.39, 0.29) is 17.7 Å². The molecule has 1 aliphatic heterocycles. The topological polar surface area (TPSA) is 83.2 Å². The number of pyridine rings is 1. The highest BCUT2D eigenvalue weighted by molar-refractivity contribution is 5.94. The number of aromatic amines is 1. The fourth-order valence-electron chi connectivity index (χ4n) is 4.32. The second-order valence-corrected chi connectivity index (χ2v) is 8.25. The van der Waals surface area contributed by atoms with Gasteiger partial charge in [0.15, 0.2) is 0 Å². The van der Waals surface area contributed by atoms with Crippen LogP contribution in [0.3, 0.4) is 0 Å². The van der Waals surface area contributed by atoms with E-state index in [9.17, 15) is 22.8 Å². The second-order valence-electron chi connectivity index (χ2n) is 8.25. The molecule has 9 heteroatoms. The van der Waals surface area contributed by atoms with Crippen LogP contribution in [-0.4, -0.2) is 17.9 Å². The second kappa shape index (κ2) is 8.55. The van der Waals surface area contributed by atoms with Crippen LogP contribution in [0.15, 0.2) is 52.0 Å². The van der Waals surface area contributed by atoms with Gasteiger partial charge in [-0.05, 0) is 56.1 Å². The van der Waals surface area contributed by atoms with Gasteiger partial charge in [-0.1, -0.05) is 18.2 Å². The van der Waals surface area contributed by atoms with Crippen LogP contribution >= 0.6 is 0 Å². The molecule has 33 heavy (non-hydrogen) atoms. The quantitative estimate of drug-likeness (QED) is 0.638. The molecule has 1 amide bonds. The Hall–Kier alpha value is -3.33. The minimum atomic E-state index is -4.75. The Balaban J connectivity index is 1.76. The van der Waals surface area contributed by atoms with Crippen molar-refractivity contribution in [2.75, 3.05) is 7.05 Å². The number of carbonyl (C=O) groups excluding carboxylic acids is 1.